The second kappa shape index (κ2) is 7.32. The lowest BCUT2D eigenvalue weighted by molar-refractivity contribution is 0.602. The molecule has 0 amide bonds. The van der Waals surface area contributed by atoms with Gasteiger partial charge in [0.15, 0.2) is 5.15 Å². The number of H-pyrrole nitrogens is 1. The summed E-state index contributed by atoms with van der Waals surface area (Å²) in [7, 11) is -3.94. The highest BCUT2D eigenvalue weighted by molar-refractivity contribution is 7.93. The second-order valence-corrected chi connectivity index (χ2v) is 8.58. The van der Waals surface area contributed by atoms with Crippen molar-refractivity contribution in [3.63, 3.8) is 0 Å². The van der Waals surface area contributed by atoms with Crippen LogP contribution in [0.15, 0.2) is 47.9 Å². The van der Waals surface area contributed by atoms with E-state index in [0.29, 0.717) is 34.0 Å². The van der Waals surface area contributed by atoms with E-state index in [9.17, 15) is 8.42 Å². The Hall–Kier alpha value is -2.20. The van der Waals surface area contributed by atoms with Crippen LogP contribution < -0.4 is 4.72 Å². The van der Waals surface area contributed by atoms with Crippen LogP contribution in [0, 0.1) is 0 Å². The average molecular weight is 460 g/mol. The van der Waals surface area contributed by atoms with Crippen molar-refractivity contribution in [3.8, 4) is 5.69 Å². The van der Waals surface area contributed by atoms with Crippen LogP contribution in [0.1, 0.15) is 0 Å². The first-order valence-electron chi connectivity index (χ1n) is 8.02. The Morgan fingerprint density at radius 1 is 1.21 bits per heavy atom. The number of aromatic amines is 1. The zero-order chi connectivity index (χ0) is 19.9. The molecule has 0 aliphatic heterocycles. The molecule has 0 fully saturated rings. The van der Waals surface area contributed by atoms with Gasteiger partial charge in [-0.1, -0.05) is 23.2 Å². The molecule has 1 aromatic carbocycles. The summed E-state index contributed by atoms with van der Waals surface area (Å²) in [5, 5.41) is 9.26. The molecular weight excluding hydrogens is 447 g/mol. The number of nitrogens with one attached hydrogen (secondary N) is 2. The molecule has 12 heteroatoms. The predicted molar refractivity (Wildman–Crippen MR) is 109 cm³/mol. The van der Waals surface area contributed by atoms with Gasteiger partial charge >= 0.3 is 0 Å². The normalized spacial score (nSPS) is 12.0. The second-order valence-electron chi connectivity index (χ2n) is 5.79. The standard InChI is InChI=1S/C16H13Cl3N6O2S/c17-4-7-25-16(19)12(8-22-25)23-28(26,27)13-9-20-14-10(13)2-3-11(18)15(14)24-6-1-5-21-24/h1-3,5-6,8-9,20,23H,4,7H2. The van der Waals surface area contributed by atoms with Crippen molar-refractivity contribution in [3.05, 3.63) is 53.2 Å². The lowest BCUT2D eigenvalue weighted by Crippen LogP contribution is -2.12. The summed E-state index contributed by atoms with van der Waals surface area (Å²) in [5.74, 6) is 0.299. The molecule has 0 unspecified atom stereocenters. The highest BCUT2D eigenvalue weighted by Crippen LogP contribution is 2.33. The number of fused-ring (bicyclic) bond motifs is 1. The quantitative estimate of drug-likeness (QED) is 0.427. The Morgan fingerprint density at radius 2 is 2.04 bits per heavy atom. The number of benzene rings is 1. The number of hydrogen-bond donors (Lipinski definition) is 2. The fraction of sp³-hybridized carbons (Fsp3) is 0.125. The number of halogens is 3. The van der Waals surface area contributed by atoms with E-state index in [1.807, 2.05) is 0 Å². The van der Waals surface area contributed by atoms with Crippen LogP contribution in [-0.2, 0) is 16.6 Å². The number of alkyl halides is 1. The van der Waals surface area contributed by atoms with E-state index >= 15 is 0 Å². The molecule has 0 bridgehead atoms. The van der Waals surface area contributed by atoms with Gasteiger partial charge in [0.1, 0.15) is 16.3 Å². The van der Waals surface area contributed by atoms with Crippen LogP contribution >= 0.6 is 34.8 Å². The largest absolute Gasteiger partial charge is 0.358 e. The van der Waals surface area contributed by atoms with Crippen molar-refractivity contribution in [2.24, 2.45) is 0 Å². The van der Waals surface area contributed by atoms with E-state index in [4.69, 9.17) is 34.8 Å². The zero-order valence-corrected chi connectivity index (χ0v) is 17.2. The minimum Gasteiger partial charge on any atom is -0.358 e. The van der Waals surface area contributed by atoms with Gasteiger partial charge in [0.25, 0.3) is 10.0 Å². The molecule has 146 valence electrons. The first kappa shape index (κ1) is 19.1. The molecule has 28 heavy (non-hydrogen) atoms. The topological polar surface area (TPSA) is 97.6 Å². The average Bonchev–Trinajstić information content (AvgIpc) is 3.38. The molecule has 4 aromatic rings. The van der Waals surface area contributed by atoms with Gasteiger partial charge in [-0.05, 0) is 18.2 Å². The number of anilines is 1. The van der Waals surface area contributed by atoms with Gasteiger partial charge in [0.2, 0.25) is 0 Å². The third-order valence-corrected chi connectivity index (χ3v) is 6.36. The van der Waals surface area contributed by atoms with Gasteiger partial charge in [-0.2, -0.15) is 10.2 Å². The third-order valence-electron chi connectivity index (χ3n) is 4.08. The predicted octanol–water partition coefficient (Wildman–Crippen LogP) is 3.90. The number of aromatic nitrogens is 5. The van der Waals surface area contributed by atoms with Gasteiger partial charge in [0.05, 0.1) is 23.3 Å². The molecule has 0 saturated carbocycles. The Morgan fingerprint density at radius 3 is 2.75 bits per heavy atom. The SMILES string of the molecule is O=S(=O)(Nc1cnn(CCCl)c1Cl)c1c[nH]c2c(-n3cccn3)c(Cl)ccc12. The molecule has 0 aliphatic rings. The van der Waals surface area contributed by atoms with Crippen LogP contribution in [0.25, 0.3) is 16.6 Å². The fourth-order valence-electron chi connectivity index (χ4n) is 2.85. The Kier molecular flexibility index (Phi) is 5.00. The van der Waals surface area contributed by atoms with Crippen molar-refractivity contribution < 1.29 is 8.42 Å². The van der Waals surface area contributed by atoms with E-state index < -0.39 is 10.0 Å². The highest BCUT2D eigenvalue weighted by atomic mass is 35.5. The lowest BCUT2D eigenvalue weighted by atomic mass is 10.2. The molecule has 0 aliphatic carbocycles. The Labute approximate surface area is 175 Å². The number of rotatable bonds is 6. The number of sulfonamides is 1. The van der Waals surface area contributed by atoms with Crippen molar-refractivity contribution in [1.29, 1.82) is 0 Å². The minimum absolute atomic E-state index is 0.0498. The molecule has 0 spiro atoms. The molecular formula is C16H13Cl3N6O2S. The van der Waals surface area contributed by atoms with Crippen LogP contribution in [0.5, 0.6) is 0 Å². The van der Waals surface area contributed by atoms with Gasteiger partial charge in [-0.25, -0.2) is 13.1 Å². The van der Waals surface area contributed by atoms with E-state index in [1.54, 1.807) is 35.3 Å². The fourth-order valence-corrected chi connectivity index (χ4v) is 4.76. The smallest absolute Gasteiger partial charge is 0.264 e. The summed E-state index contributed by atoms with van der Waals surface area (Å²) in [6.45, 7) is 0.362. The first-order chi connectivity index (χ1) is 13.4. The maximum atomic E-state index is 13.0. The maximum absolute atomic E-state index is 13.0. The summed E-state index contributed by atoms with van der Waals surface area (Å²) < 4.78 is 31.4. The zero-order valence-electron chi connectivity index (χ0n) is 14.1. The Bertz CT molecular complexity index is 1250. The Balaban J connectivity index is 1.78. The first-order valence-corrected chi connectivity index (χ1v) is 10.8. The molecule has 3 aromatic heterocycles. The molecule has 3 heterocycles. The van der Waals surface area contributed by atoms with Crippen molar-refractivity contribution in [2.45, 2.75) is 11.4 Å². The summed E-state index contributed by atoms with van der Waals surface area (Å²) in [6, 6.07) is 5.01. The van der Waals surface area contributed by atoms with Crippen molar-refractivity contribution in [1.82, 2.24) is 24.5 Å². The van der Waals surface area contributed by atoms with Crippen LogP contribution in [0.4, 0.5) is 5.69 Å². The molecule has 2 N–H and O–H groups in total. The molecule has 0 radical (unpaired) electrons. The molecule has 0 saturated heterocycles. The highest BCUT2D eigenvalue weighted by Gasteiger charge is 2.24. The summed E-state index contributed by atoms with van der Waals surface area (Å²) in [6.07, 6.45) is 6.07. The van der Waals surface area contributed by atoms with Crippen LogP contribution in [0.2, 0.25) is 10.2 Å². The van der Waals surface area contributed by atoms with Crippen LogP contribution in [0.3, 0.4) is 0 Å². The lowest BCUT2D eigenvalue weighted by Gasteiger charge is -2.08. The van der Waals surface area contributed by atoms with Crippen molar-refractivity contribution in [2.75, 3.05) is 10.6 Å². The van der Waals surface area contributed by atoms with E-state index in [0.717, 1.165) is 0 Å². The van der Waals surface area contributed by atoms with Crippen LogP contribution in [-0.4, -0.2) is 38.8 Å². The summed E-state index contributed by atoms with van der Waals surface area (Å²) in [4.78, 5) is 3.03. The summed E-state index contributed by atoms with van der Waals surface area (Å²) >= 11 is 18.2. The minimum atomic E-state index is -3.94. The van der Waals surface area contributed by atoms with Gasteiger partial charge in [-0.15, -0.1) is 11.6 Å². The maximum Gasteiger partial charge on any atom is 0.264 e. The number of nitrogens with zero attached hydrogens (tertiary/aromatic N) is 4. The molecule has 4 rings (SSSR count). The van der Waals surface area contributed by atoms with Gasteiger partial charge in [-0.3, -0.25) is 9.40 Å². The third kappa shape index (κ3) is 3.24. The van der Waals surface area contributed by atoms with Gasteiger partial charge in [0, 0.05) is 29.9 Å². The number of aryl methyl sites for hydroxylation is 1. The molecule has 8 nitrogen and oxygen atoms in total. The monoisotopic (exact) mass is 458 g/mol. The van der Waals surface area contributed by atoms with E-state index in [-0.39, 0.29) is 15.7 Å². The number of hydrogen-bond acceptors (Lipinski definition) is 4. The molecule has 0 atom stereocenters. The van der Waals surface area contributed by atoms with E-state index in [2.05, 4.69) is 19.9 Å². The van der Waals surface area contributed by atoms with E-state index in [1.165, 1.54) is 17.1 Å². The summed E-state index contributed by atoms with van der Waals surface area (Å²) in [5.41, 5.74) is 1.27. The van der Waals surface area contributed by atoms with Crippen molar-refractivity contribution >= 4 is 61.4 Å². The van der Waals surface area contributed by atoms with Gasteiger partial charge < -0.3 is 4.98 Å².